The van der Waals surface area contributed by atoms with Crippen molar-refractivity contribution in [2.45, 2.75) is 31.7 Å². The molecule has 5 nitrogen and oxygen atoms in total. The highest BCUT2D eigenvalue weighted by Gasteiger charge is 2.27. The van der Waals surface area contributed by atoms with Gasteiger partial charge in [-0.05, 0) is 31.9 Å². The van der Waals surface area contributed by atoms with Crippen molar-refractivity contribution in [3.63, 3.8) is 0 Å². The van der Waals surface area contributed by atoms with Crippen LogP contribution in [-0.2, 0) is 0 Å². The van der Waals surface area contributed by atoms with Crippen molar-refractivity contribution in [1.29, 1.82) is 0 Å². The topological polar surface area (TPSA) is 78.8 Å². The molecule has 19 heavy (non-hydrogen) atoms. The summed E-state index contributed by atoms with van der Waals surface area (Å²) in [5.41, 5.74) is 0.257. The summed E-state index contributed by atoms with van der Waals surface area (Å²) in [6.45, 7) is 3.52. The first-order chi connectivity index (χ1) is 8.89. The number of para-hydroxylation sites is 1. The molecule has 5 heteroatoms. The fourth-order valence-corrected chi connectivity index (χ4v) is 2.23. The van der Waals surface area contributed by atoms with Gasteiger partial charge in [-0.25, -0.2) is 4.79 Å². The predicted octanol–water partition coefficient (Wildman–Crippen LogP) is 2.21. The first-order valence-electron chi connectivity index (χ1n) is 6.14. The summed E-state index contributed by atoms with van der Waals surface area (Å²) in [5.74, 6) is 0.519. The minimum absolute atomic E-state index is 0.0644. The van der Waals surface area contributed by atoms with Crippen LogP contribution in [0.25, 0.3) is 0 Å². The summed E-state index contributed by atoms with van der Waals surface area (Å²) in [6, 6.07) is 7.45. The molecule has 1 amide bonds. The lowest BCUT2D eigenvalue weighted by Crippen LogP contribution is -2.44. The maximum Gasteiger partial charge on any atom is 0.405 e. The number of carboxylic acid groups (broad SMARTS) is 1. The Labute approximate surface area is 113 Å². The molecular weight excluding hydrogens is 246 g/mol. The van der Waals surface area contributed by atoms with Gasteiger partial charge in [0.05, 0.1) is 13.7 Å². The van der Waals surface area contributed by atoms with Crippen LogP contribution in [0.15, 0.2) is 24.3 Å². The highest BCUT2D eigenvalue weighted by Crippen LogP contribution is 2.32. The van der Waals surface area contributed by atoms with Crippen molar-refractivity contribution in [3.05, 3.63) is 29.8 Å². The maximum atomic E-state index is 10.7. The van der Waals surface area contributed by atoms with Crippen molar-refractivity contribution >= 4 is 6.09 Å². The second-order valence-corrected chi connectivity index (χ2v) is 5.14. The van der Waals surface area contributed by atoms with Gasteiger partial charge >= 0.3 is 6.09 Å². The fraction of sp³-hybridized carbons (Fsp3) is 0.500. The molecule has 0 fully saturated rings. The van der Waals surface area contributed by atoms with Crippen LogP contribution in [0.3, 0.4) is 0 Å². The smallest absolute Gasteiger partial charge is 0.405 e. The molecule has 1 rings (SSSR count). The van der Waals surface area contributed by atoms with Crippen LogP contribution in [0.5, 0.6) is 5.75 Å². The highest BCUT2D eigenvalue weighted by atomic mass is 16.5. The van der Waals surface area contributed by atoms with E-state index in [1.807, 2.05) is 24.3 Å². The number of nitrogens with one attached hydrogen (secondary N) is 1. The summed E-state index contributed by atoms with van der Waals surface area (Å²) >= 11 is 0. The molecule has 0 bridgehead atoms. The lowest BCUT2D eigenvalue weighted by atomic mass is 9.86. The zero-order valence-corrected chi connectivity index (χ0v) is 11.5. The Morgan fingerprint density at radius 1 is 1.42 bits per heavy atom. The van der Waals surface area contributed by atoms with Crippen LogP contribution in [0.2, 0.25) is 0 Å². The van der Waals surface area contributed by atoms with Gasteiger partial charge in [0, 0.05) is 11.5 Å². The maximum absolute atomic E-state index is 10.7. The molecule has 0 aliphatic carbocycles. The standard InChI is InChI=1S/C14H21NO4/c1-14(2,15-13(17)18)8-10(9-16)11-6-4-5-7-12(11)19-3/h4-7,10,15-16H,8-9H2,1-3H3,(H,17,18). The SMILES string of the molecule is COc1ccccc1C(CO)CC(C)(C)NC(=O)O. The monoisotopic (exact) mass is 267 g/mol. The average molecular weight is 267 g/mol. The van der Waals surface area contributed by atoms with Gasteiger partial charge in [0.2, 0.25) is 0 Å². The molecule has 0 aliphatic heterocycles. The first-order valence-corrected chi connectivity index (χ1v) is 6.14. The van der Waals surface area contributed by atoms with Gasteiger partial charge in [-0.3, -0.25) is 0 Å². The molecule has 0 aliphatic rings. The molecule has 106 valence electrons. The fourth-order valence-electron chi connectivity index (χ4n) is 2.23. The van der Waals surface area contributed by atoms with E-state index in [0.717, 1.165) is 5.56 Å². The van der Waals surface area contributed by atoms with E-state index in [0.29, 0.717) is 12.2 Å². The molecule has 0 aromatic heterocycles. The second-order valence-electron chi connectivity index (χ2n) is 5.14. The van der Waals surface area contributed by atoms with Crippen molar-refractivity contribution in [1.82, 2.24) is 5.32 Å². The second kappa shape index (κ2) is 6.43. The molecule has 1 aromatic rings. The van der Waals surface area contributed by atoms with Crippen LogP contribution in [0.1, 0.15) is 31.7 Å². The molecule has 1 unspecified atom stereocenters. The number of amides is 1. The Hall–Kier alpha value is -1.75. The van der Waals surface area contributed by atoms with Crippen LogP contribution in [0.4, 0.5) is 4.79 Å². The molecule has 0 heterocycles. The number of methoxy groups -OCH3 is 1. The van der Waals surface area contributed by atoms with Gasteiger partial charge < -0.3 is 20.3 Å². The number of aliphatic hydroxyl groups is 1. The van der Waals surface area contributed by atoms with Crippen molar-refractivity contribution in [3.8, 4) is 5.75 Å². The minimum Gasteiger partial charge on any atom is -0.496 e. The van der Waals surface area contributed by atoms with Gasteiger partial charge in [-0.2, -0.15) is 0 Å². The molecule has 1 aromatic carbocycles. The summed E-state index contributed by atoms with van der Waals surface area (Å²) in [7, 11) is 1.58. The average Bonchev–Trinajstić information content (AvgIpc) is 2.34. The Kier molecular flexibility index (Phi) is 5.18. The lowest BCUT2D eigenvalue weighted by Gasteiger charge is -2.29. The predicted molar refractivity (Wildman–Crippen MR) is 72.7 cm³/mol. The number of carbonyl (C=O) groups is 1. The molecule has 0 saturated carbocycles. The van der Waals surface area contributed by atoms with Gasteiger partial charge in [0.1, 0.15) is 5.75 Å². The van der Waals surface area contributed by atoms with Crippen molar-refractivity contribution in [2.24, 2.45) is 0 Å². The van der Waals surface area contributed by atoms with Gasteiger partial charge in [0.15, 0.2) is 0 Å². The van der Waals surface area contributed by atoms with E-state index < -0.39 is 11.6 Å². The van der Waals surface area contributed by atoms with E-state index in [1.165, 1.54) is 0 Å². The van der Waals surface area contributed by atoms with Gasteiger partial charge in [-0.1, -0.05) is 18.2 Å². The van der Waals surface area contributed by atoms with Gasteiger partial charge in [0.25, 0.3) is 0 Å². The number of benzene rings is 1. The Balaban J connectivity index is 2.92. The highest BCUT2D eigenvalue weighted by molar-refractivity contribution is 5.65. The summed E-state index contributed by atoms with van der Waals surface area (Å²) < 4.78 is 5.28. The first kappa shape index (κ1) is 15.3. The van der Waals surface area contributed by atoms with Crippen LogP contribution >= 0.6 is 0 Å². The minimum atomic E-state index is -1.07. The van der Waals surface area contributed by atoms with Crippen LogP contribution < -0.4 is 10.1 Å². The quantitative estimate of drug-likeness (QED) is 0.738. The van der Waals surface area contributed by atoms with E-state index in [1.54, 1.807) is 21.0 Å². The molecular formula is C14H21NO4. The third-order valence-corrected chi connectivity index (χ3v) is 3.00. The van der Waals surface area contributed by atoms with Crippen LogP contribution in [-0.4, -0.2) is 35.6 Å². The Bertz CT molecular complexity index is 431. The summed E-state index contributed by atoms with van der Waals surface area (Å²) in [4.78, 5) is 10.7. The van der Waals surface area contributed by atoms with Gasteiger partial charge in [-0.15, -0.1) is 0 Å². The number of aliphatic hydroxyl groups excluding tert-OH is 1. The number of hydrogen-bond acceptors (Lipinski definition) is 3. The van der Waals surface area contributed by atoms with E-state index >= 15 is 0 Å². The number of rotatable bonds is 6. The molecule has 1 atom stereocenters. The Morgan fingerprint density at radius 3 is 2.58 bits per heavy atom. The van der Waals surface area contributed by atoms with E-state index in [2.05, 4.69) is 5.32 Å². The summed E-state index contributed by atoms with van der Waals surface area (Å²) in [6.07, 6.45) is -0.586. The third-order valence-electron chi connectivity index (χ3n) is 3.00. The molecule has 0 spiro atoms. The number of hydrogen-bond donors (Lipinski definition) is 3. The van der Waals surface area contributed by atoms with E-state index in [9.17, 15) is 9.90 Å². The van der Waals surface area contributed by atoms with Crippen LogP contribution in [0, 0.1) is 0 Å². The van der Waals surface area contributed by atoms with Crippen molar-refractivity contribution in [2.75, 3.05) is 13.7 Å². The Morgan fingerprint density at radius 2 is 2.05 bits per heavy atom. The largest absolute Gasteiger partial charge is 0.496 e. The zero-order valence-electron chi connectivity index (χ0n) is 11.5. The van der Waals surface area contributed by atoms with Crippen molar-refractivity contribution < 1.29 is 19.7 Å². The normalized spacial score (nSPS) is 12.8. The molecule has 0 radical (unpaired) electrons. The molecule has 3 N–H and O–H groups in total. The molecule has 0 saturated heterocycles. The lowest BCUT2D eigenvalue weighted by molar-refractivity contribution is 0.173. The van der Waals surface area contributed by atoms with E-state index in [4.69, 9.17) is 9.84 Å². The summed E-state index contributed by atoms with van der Waals surface area (Å²) in [5, 5.41) is 20.8. The zero-order chi connectivity index (χ0) is 14.5. The number of ether oxygens (including phenoxy) is 1. The third kappa shape index (κ3) is 4.44. The van der Waals surface area contributed by atoms with E-state index in [-0.39, 0.29) is 12.5 Å².